The maximum atomic E-state index is 12.2. The Bertz CT molecular complexity index is 909. The summed E-state index contributed by atoms with van der Waals surface area (Å²) in [4.78, 5) is 25.3. The van der Waals surface area contributed by atoms with Crippen LogP contribution >= 0.6 is 0 Å². The highest BCUT2D eigenvalue weighted by Gasteiger charge is 2.24. The van der Waals surface area contributed by atoms with Gasteiger partial charge in [0.15, 0.2) is 11.5 Å². The van der Waals surface area contributed by atoms with Gasteiger partial charge in [0.2, 0.25) is 5.75 Å². The number of nitro benzene ring substituents is 1. The van der Waals surface area contributed by atoms with E-state index < -0.39 is 4.92 Å². The van der Waals surface area contributed by atoms with E-state index in [9.17, 15) is 14.9 Å². The third kappa shape index (κ3) is 4.55. The molecule has 1 fully saturated rings. The Hall–Kier alpha value is -3.19. The number of ketones is 1. The molecule has 0 aliphatic carbocycles. The number of ether oxygens (including phenoxy) is 2. The van der Waals surface area contributed by atoms with Gasteiger partial charge < -0.3 is 14.4 Å². The topological polar surface area (TPSA) is 81.9 Å². The van der Waals surface area contributed by atoms with Crippen LogP contribution in [-0.4, -0.2) is 42.9 Å². The molecule has 2 aromatic carbocycles. The molecule has 7 nitrogen and oxygen atoms in total. The van der Waals surface area contributed by atoms with Crippen LogP contribution in [0.4, 0.5) is 5.69 Å². The van der Waals surface area contributed by atoms with Gasteiger partial charge >= 0.3 is 5.69 Å². The fraction of sp³-hybridized carbons (Fsp3) is 0.286. The SMILES string of the molecule is COc1cc(/C=C2\CN(C)CCC2=O)cc([N+](=O)[O-])c1OCc1ccccc1. The van der Waals surface area contributed by atoms with Crippen LogP contribution in [0.2, 0.25) is 0 Å². The first kappa shape index (κ1) is 19.6. The van der Waals surface area contributed by atoms with E-state index >= 15 is 0 Å². The summed E-state index contributed by atoms with van der Waals surface area (Å²) < 4.78 is 11.1. The van der Waals surface area contributed by atoms with Gasteiger partial charge in [-0.2, -0.15) is 0 Å². The predicted molar refractivity (Wildman–Crippen MR) is 106 cm³/mol. The van der Waals surface area contributed by atoms with Gasteiger partial charge in [0.05, 0.1) is 12.0 Å². The molecule has 146 valence electrons. The number of piperidine rings is 1. The molecule has 0 amide bonds. The Morgan fingerprint density at radius 3 is 2.68 bits per heavy atom. The number of likely N-dealkylation sites (N-methyl/N-ethyl adjacent to an activating group) is 1. The first-order valence-corrected chi connectivity index (χ1v) is 8.93. The molecule has 1 aliphatic rings. The van der Waals surface area contributed by atoms with Crippen molar-refractivity contribution in [1.82, 2.24) is 4.90 Å². The number of hydrogen-bond acceptors (Lipinski definition) is 6. The van der Waals surface area contributed by atoms with Crippen molar-refractivity contribution >= 4 is 17.5 Å². The molecule has 0 unspecified atom stereocenters. The summed E-state index contributed by atoms with van der Waals surface area (Å²) in [7, 11) is 3.37. The number of nitrogens with zero attached hydrogens (tertiary/aromatic N) is 2. The van der Waals surface area contributed by atoms with Crippen LogP contribution in [-0.2, 0) is 11.4 Å². The zero-order valence-corrected chi connectivity index (χ0v) is 15.9. The first-order valence-electron chi connectivity index (χ1n) is 8.93. The van der Waals surface area contributed by atoms with Crippen LogP contribution in [0, 0.1) is 10.1 Å². The number of carbonyl (C=O) groups excluding carboxylic acids is 1. The minimum atomic E-state index is -0.500. The Labute approximate surface area is 163 Å². The van der Waals surface area contributed by atoms with E-state index in [1.54, 1.807) is 12.1 Å². The second-order valence-corrected chi connectivity index (χ2v) is 6.68. The Morgan fingerprint density at radius 1 is 1.25 bits per heavy atom. The molecule has 0 aromatic heterocycles. The summed E-state index contributed by atoms with van der Waals surface area (Å²) in [6.07, 6.45) is 2.13. The molecule has 1 saturated heterocycles. The number of rotatable bonds is 6. The summed E-state index contributed by atoms with van der Waals surface area (Å²) >= 11 is 0. The van der Waals surface area contributed by atoms with Crippen molar-refractivity contribution in [3.05, 3.63) is 69.3 Å². The minimum absolute atomic E-state index is 0.0594. The molecular weight excluding hydrogens is 360 g/mol. The highest BCUT2D eigenvalue weighted by Crippen LogP contribution is 2.39. The third-order valence-electron chi connectivity index (χ3n) is 4.56. The molecule has 28 heavy (non-hydrogen) atoms. The van der Waals surface area contributed by atoms with Gasteiger partial charge in [-0.15, -0.1) is 0 Å². The lowest BCUT2D eigenvalue weighted by molar-refractivity contribution is -0.386. The van der Waals surface area contributed by atoms with E-state index in [0.29, 0.717) is 30.6 Å². The Balaban J connectivity index is 1.95. The number of nitro groups is 1. The van der Waals surface area contributed by atoms with Crippen LogP contribution in [0.1, 0.15) is 17.5 Å². The minimum Gasteiger partial charge on any atom is -0.493 e. The molecule has 1 aliphatic heterocycles. The molecule has 0 atom stereocenters. The van der Waals surface area contributed by atoms with E-state index in [1.807, 2.05) is 42.3 Å². The number of Topliss-reactive ketones (excluding diaryl/α,β-unsaturated/α-hetero) is 1. The summed E-state index contributed by atoms with van der Waals surface area (Å²) in [6.45, 7) is 1.41. The maximum Gasteiger partial charge on any atom is 0.315 e. The van der Waals surface area contributed by atoms with Crippen LogP contribution in [0.25, 0.3) is 6.08 Å². The van der Waals surface area contributed by atoms with Gasteiger partial charge in [-0.3, -0.25) is 14.9 Å². The van der Waals surface area contributed by atoms with Crippen molar-refractivity contribution in [3.63, 3.8) is 0 Å². The van der Waals surface area contributed by atoms with Crippen molar-refractivity contribution in [3.8, 4) is 11.5 Å². The largest absolute Gasteiger partial charge is 0.493 e. The molecule has 0 radical (unpaired) electrons. The van der Waals surface area contributed by atoms with Crippen LogP contribution in [0.3, 0.4) is 0 Å². The third-order valence-corrected chi connectivity index (χ3v) is 4.56. The van der Waals surface area contributed by atoms with Gasteiger partial charge in [0.25, 0.3) is 0 Å². The normalized spacial score (nSPS) is 16.2. The number of hydrogen-bond donors (Lipinski definition) is 0. The Kier molecular flexibility index (Phi) is 6.06. The number of methoxy groups -OCH3 is 1. The lowest BCUT2D eigenvalue weighted by Gasteiger charge is -2.23. The van der Waals surface area contributed by atoms with E-state index in [1.165, 1.54) is 13.2 Å². The fourth-order valence-corrected chi connectivity index (χ4v) is 3.09. The van der Waals surface area contributed by atoms with E-state index in [0.717, 1.165) is 5.56 Å². The standard InChI is InChI=1S/C21H22N2O5/c1-22-9-8-19(24)17(13-22)10-16-11-18(23(25)26)21(20(12-16)27-2)28-14-15-6-4-3-5-7-15/h3-7,10-12H,8-9,13-14H2,1-2H3/b17-10+. The highest BCUT2D eigenvalue weighted by molar-refractivity contribution is 6.00. The fourth-order valence-electron chi connectivity index (χ4n) is 3.09. The number of carbonyl (C=O) groups is 1. The maximum absolute atomic E-state index is 12.2. The van der Waals surface area contributed by atoms with Crippen molar-refractivity contribution in [1.29, 1.82) is 0 Å². The Morgan fingerprint density at radius 2 is 2.00 bits per heavy atom. The van der Waals surface area contributed by atoms with Crippen molar-refractivity contribution in [2.24, 2.45) is 0 Å². The number of likely N-dealkylation sites (tertiary alicyclic amines) is 1. The van der Waals surface area contributed by atoms with Crippen LogP contribution in [0.15, 0.2) is 48.0 Å². The van der Waals surface area contributed by atoms with E-state index in [2.05, 4.69) is 0 Å². The zero-order chi connectivity index (χ0) is 20.1. The van der Waals surface area contributed by atoms with Gasteiger partial charge in [0, 0.05) is 31.1 Å². The number of benzene rings is 2. The quantitative estimate of drug-likeness (QED) is 0.432. The molecular formula is C21H22N2O5. The van der Waals surface area contributed by atoms with Gasteiger partial charge in [0.1, 0.15) is 6.61 Å². The average Bonchev–Trinajstić information content (AvgIpc) is 2.69. The van der Waals surface area contributed by atoms with E-state index in [4.69, 9.17) is 9.47 Å². The predicted octanol–water partition coefficient (Wildman–Crippen LogP) is 3.47. The molecule has 2 aromatic rings. The molecule has 7 heteroatoms. The van der Waals surface area contributed by atoms with Gasteiger partial charge in [-0.25, -0.2) is 0 Å². The summed E-state index contributed by atoms with van der Waals surface area (Å²) in [5.74, 6) is 0.392. The average molecular weight is 382 g/mol. The highest BCUT2D eigenvalue weighted by atomic mass is 16.6. The molecule has 1 heterocycles. The molecule has 0 spiro atoms. The van der Waals surface area contributed by atoms with Crippen LogP contribution in [0.5, 0.6) is 11.5 Å². The first-order chi connectivity index (χ1) is 13.5. The van der Waals surface area contributed by atoms with E-state index in [-0.39, 0.29) is 29.6 Å². The van der Waals surface area contributed by atoms with Crippen molar-refractivity contribution in [2.75, 3.05) is 27.2 Å². The second-order valence-electron chi connectivity index (χ2n) is 6.68. The molecule has 3 rings (SSSR count). The molecule has 0 saturated carbocycles. The summed E-state index contributed by atoms with van der Waals surface area (Å²) in [5.41, 5.74) is 1.86. The van der Waals surface area contributed by atoms with Gasteiger partial charge in [-0.05, 0) is 30.3 Å². The van der Waals surface area contributed by atoms with Crippen molar-refractivity contribution in [2.45, 2.75) is 13.0 Å². The monoisotopic (exact) mass is 382 g/mol. The zero-order valence-electron chi connectivity index (χ0n) is 15.9. The molecule has 0 N–H and O–H groups in total. The smallest absolute Gasteiger partial charge is 0.315 e. The summed E-state index contributed by atoms with van der Waals surface area (Å²) in [6, 6.07) is 12.5. The lowest BCUT2D eigenvalue weighted by Crippen LogP contribution is -2.32. The van der Waals surface area contributed by atoms with Gasteiger partial charge in [-0.1, -0.05) is 30.3 Å². The summed E-state index contributed by atoms with van der Waals surface area (Å²) in [5, 5.41) is 11.6. The lowest BCUT2D eigenvalue weighted by atomic mass is 10.0. The van der Waals surface area contributed by atoms with Crippen LogP contribution < -0.4 is 9.47 Å². The second kappa shape index (κ2) is 8.67. The van der Waals surface area contributed by atoms with Crippen molar-refractivity contribution < 1.29 is 19.2 Å². The molecule has 0 bridgehead atoms.